The van der Waals surface area contributed by atoms with Crippen molar-refractivity contribution in [1.82, 2.24) is 4.90 Å². The highest BCUT2D eigenvalue weighted by molar-refractivity contribution is 5.84. The summed E-state index contributed by atoms with van der Waals surface area (Å²) in [5.41, 5.74) is 4.63. The quantitative estimate of drug-likeness (QED) is 0.315. The Morgan fingerprint density at radius 2 is 1.76 bits per heavy atom. The molecule has 4 atom stereocenters. The summed E-state index contributed by atoms with van der Waals surface area (Å²) in [6.45, 7) is 6.62. The zero-order valence-electron chi connectivity index (χ0n) is 22.0. The molecule has 0 aromatic heterocycles. The minimum atomic E-state index is -0.571. The molecule has 3 aromatic rings. The Balaban J connectivity index is 1.50. The molecule has 2 N–H and O–H groups in total. The highest BCUT2D eigenvalue weighted by Gasteiger charge is 2.33. The van der Waals surface area contributed by atoms with Crippen LogP contribution in [0.5, 0.6) is 0 Å². The van der Waals surface area contributed by atoms with Gasteiger partial charge in [-0.3, -0.25) is 10.2 Å². The predicted molar refractivity (Wildman–Crippen MR) is 148 cm³/mol. The monoisotopic (exact) mass is 516 g/mol. The van der Waals surface area contributed by atoms with Gasteiger partial charge >= 0.3 is 6.09 Å². The Morgan fingerprint density at radius 3 is 2.42 bits per heavy atom. The summed E-state index contributed by atoms with van der Waals surface area (Å²) >= 11 is 0. The van der Waals surface area contributed by atoms with Gasteiger partial charge in [0.2, 0.25) is 0 Å². The molecule has 4 rings (SSSR count). The maximum Gasteiger partial charge on any atom is 0.411 e. The molecule has 1 fully saturated rings. The minimum Gasteiger partial charge on any atom is -0.445 e. The fourth-order valence-electron chi connectivity index (χ4n) is 4.51. The second kappa shape index (κ2) is 13.3. The van der Waals surface area contributed by atoms with Crippen molar-refractivity contribution < 1.29 is 24.1 Å². The van der Waals surface area contributed by atoms with E-state index >= 15 is 0 Å². The van der Waals surface area contributed by atoms with E-state index in [4.69, 9.17) is 14.2 Å². The van der Waals surface area contributed by atoms with Gasteiger partial charge in [-0.1, -0.05) is 79.4 Å². The summed E-state index contributed by atoms with van der Waals surface area (Å²) in [5.74, 6) is 0. The first-order valence-corrected chi connectivity index (χ1v) is 12.9. The smallest absolute Gasteiger partial charge is 0.411 e. The number of ether oxygens (including phenoxy) is 3. The molecule has 0 unspecified atom stereocenters. The van der Waals surface area contributed by atoms with E-state index in [0.717, 1.165) is 23.2 Å². The first-order valence-electron chi connectivity index (χ1n) is 12.9. The van der Waals surface area contributed by atoms with E-state index in [1.54, 1.807) is 12.1 Å². The molecule has 0 radical (unpaired) electrons. The summed E-state index contributed by atoms with van der Waals surface area (Å²) in [4.78, 5) is 14.2. The van der Waals surface area contributed by atoms with Crippen LogP contribution in [0.25, 0.3) is 0 Å². The molecule has 0 saturated carbocycles. The van der Waals surface area contributed by atoms with E-state index < -0.39 is 12.4 Å². The van der Waals surface area contributed by atoms with Gasteiger partial charge in [-0.25, -0.2) is 4.79 Å². The number of anilines is 1. The third-order valence-corrected chi connectivity index (χ3v) is 6.81. The van der Waals surface area contributed by atoms with Crippen molar-refractivity contribution in [3.63, 3.8) is 0 Å². The molecule has 1 heterocycles. The Morgan fingerprint density at radius 1 is 1.08 bits per heavy atom. The number of amides is 1. The van der Waals surface area contributed by atoms with Crippen molar-refractivity contribution >= 4 is 11.8 Å². The van der Waals surface area contributed by atoms with Gasteiger partial charge in [-0.2, -0.15) is 0 Å². The fraction of sp³-hybridized carbons (Fsp3) is 0.323. The molecule has 38 heavy (non-hydrogen) atoms. The first kappa shape index (κ1) is 27.5. The topological polar surface area (TPSA) is 80.3 Å². The molecule has 1 aliphatic heterocycles. The van der Waals surface area contributed by atoms with Crippen LogP contribution in [0, 0.1) is 0 Å². The Kier molecular flexibility index (Phi) is 9.67. The summed E-state index contributed by atoms with van der Waals surface area (Å²) < 4.78 is 17.9. The zero-order valence-corrected chi connectivity index (χ0v) is 22.0. The SMILES string of the molecule is C=CCOC(=O)Nc1ccc([C@H]2O[C@@H](CN(C)[C@@H](C)c3ccccc3)C[C@@H](c3ccc(CO)cc3)O2)cc1. The van der Waals surface area contributed by atoms with Gasteiger partial charge < -0.3 is 19.3 Å². The van der Waals surface area contributed by atoms with Crippen LogP contribution >= 0.6 is 0 Å². The van der Waals surface area contributed by atoms with Crippen LogP contribution in [0.15, 0.2) is 91.5 Å². The molecule has 1 saturated heterocycles. The molecule has 0 bridgehead atoms. The van der Waals surface area contributed by atoms with E-state index in [9.17, 15) is 9.90 Å². The number of aliphatic hydroxyl groups is 1. The third kappa shape index (κ3) is 7.30. The largest absolute Gasteiger partial charge is 0.445 e. The average Bonchev–Trinajstić information content (AvgIpc) is 2.96. The lowest BCUT2D eigenvalue weighted by Gasteiger charge is -2.39. The van der Waals surface area contributed by atoms with Crippen molar-refractivity contribution in [1.29, 1.82) is 0 Å². The maximum absolute atomic E-state index is 11.9. The summed E-state index contributed by atoms with van der Waals surface area (Å²) in [7, 11) is 2.11. The predicted octanol–water partition coefficient (Wildman–Crippen LogP) is 6.15. The lowest BCUT2D eigenvalue weighted by Crippen LogP contribution is -2.38. The van der Waals surface area contributed by atoms with Crippen LogP contribution in [0.1, 0.15) is 54.0 Å². The summed E-state index contributed by atoms with van der Waals surface area (Å²) in [5, 5.41) is 12.1. The van der Waals surface area contributed by atoms with Gasteiger partial charge in [0, 0.05) is 30.3 Å². The highest BCUT2D eigenvalue weighted by atomic mass is 16.7. The van der Waals surface area contributed by atoms with Gasteiger partial charge in [0.15, 0.2) is 6.29 Å². The maximum atomic E-state index is 11.9. The molecule has 3 aromatic carbocycles. The Bertz CT molecular complexity index is 1170. The number of hydrogen-bond acceptors (Lipinski definition) is 6. The highest BCUT2D eigenvalue weighted by Crippen LogP contribution is 2.38. The average molecular weight is 517 g/mol. The first-order chi connectivity index (χ1) is 18.5. The summed E-state index contributed by atoms with van der Waals surface area (Å²) in [6.07, 6.45) is 0.874. The van der Waals surface area contributed by atoms with Crippen LogP contribution < -0.4 is 5.32 Å². The standard InChI is InChI=1S/C31H36N2O5/c1-4-18-36-31(35)32-27-16-14-26(15-17-27)30-37-28(20-33(3)22(2)24-8-6-5-7-9-24)19-29(38-30)25-12-10-23(21-34)11-13-25/h4-17,22,28-30,34H,1,18-21H2,2-3H3,(H,32,35)/t22-,28+,29-,30-/m0/s1. The lowest BCUT2D eigenvalue weighted by molar-refractivity contribution is -0.253. The second-order valence-corrected chi connectivity index (χ2v) is 9.51. The van der Waals surface area contributed by atoms with E-state index in [0.29, 0.717) is 12.1 Å². The van der Waals surface area contributed by atoms with Crippen molar-refractivity contribution in [3.8, 4) is 0 Å². The zero-order chi connectivity index (χ0) is 26.9. The van der Waals surface area contributed by atoms with Crippen molar-refractivity contribution in [3.05, 3.63) is 114 Å². The molecule has 7 nitrogen and oxygen atoms in total. The number of nitrogens with zero attached hydrogens (tertiary/aromatic N) is 1. The van der Waals surface area contributed by atoms with E-state index in [1.165, 1.54) is 11.6 Å². The molecule has 7 heteroatoms. The van der Waals surface area contributed by atoms with Crippen molar-refractivity contribution in [2.75, 3.05) is 25.5 Å². The van der Waals surface area contributed by atoms with Gasteiger partial charge in [0.05, 0.1) is 18.8 Å². The molecule has 0 aliphatic carbocycles. The lowest BCUT2D eigenvalue weighted by atomic mass is 9.99. The van der Waals surface area contributed by atoms with Gasteiger partial charge in [-0.05, 0) is 42.8 Å². The fourth-order valence-corrected chi connectivity index (χ4v) is 4.51. The molecule has 1 aliphatic rings. The molecular weight excluding hydrogens is 480 g/mol. The molecular formula is C31H36N2O5. The van der Waals surface area contributed by atoms with Crippen LogP contribution in [-0.4, -0.2) is 42.4 Å². The van der Waals surface area contributed by atoms with Crippen LogP contribution in [0.4, 0.5) is 10.5 Å². The normalized spacial score (nSPS) is 20.1. The number of carbonyl (C=O) groups excluding carboxylic acids is 1. The van der Waals surface area contributed by atoms with E-state index in [1.807, 2.05) is 42.5 Å². The van der Waals surface area contributed by atoms with E-state index in [2.05, 4.69) is 55.0 Å². The molecule has 200 valence electrons. The number of hydrogen-bond donors (Lipinski definition) is 2. The van der Waals surface area contributed by atoms with E-state index in [-0.39, 0.29) is 31.5 Å². The summed E-state index contributed by atoms with van der Waals surface area (Å²) in [6, 6.07) is 25.9. The number of benzene rings is 3. The van der Waals surface area contributed by atoms with Crippen LogP contribution in [-0.2, 0) is 20.8 Å². The van der Waals surface area contributed by atoms with Gasteiger partial charge in [-0.15, -0.1) is 0 Å². The molecule has 0 spiro atoms. The van der Waals surface area contributed by atoms with Gasteiger partial charge in [0.25, 0.3) is 0 Å². The third-order valence-electron chi connectivity index (χ3n) is 6.81. The number of aliphatic hydroxyl groups excluding tert-OH is 1. The number of likely N-dealkylation sites (N-methyl/N-ethyl adjacent to an activating group) is 1. The number of nitrogens with one attached hydrogen (secondary N) is 1. The number of rotatable bonds is 10. The Hall–Kier alpha value is -3.49. The number of carbonyl (C=O) groups is 1. The van der Waals surface area contributed by atoms with Crippen molar-refractivity contribution in [2.45, 2.75) is 44.5 Å². The second-order valence-electron chi connectivity index (χ2n) is 9.51. The van der Waals surface area contributed by atoms with Crippen LogP contribution in [0.3, 0.4) is 0 Å². The Labute approximate surface area is 224 Å². The van der Waals surface area contributed by atoms with Crippen molar-refractivity contribution in [2.24, 2.45) is 0 Å². The molecule has 1 amide bonds. The van der Waals surface area contributed by atoms with Crippen LogP contribution in [0.2, 0.25) is 0 Å². The van der Waals surface area contributed by atoms with Gasteiger partial charge in [0.1, 0.15) is 6.61 Å². The minimum absolute atomic E-state index is 0.00382.